The molecular formula is C44H39NS. The summed E-state index contributed by atoms with van der Waals surface area (Å²) in [6.07, 6.45) is 1.98. The molecule has 2 heteroatoms. The van der Waals surface area contributed by atoms with Gasteiger partial charge in [-0.2, -0.15) is 0 Å². The van der Waals surface area contributed by atoms with Crippen LogP contribution in [0.15, 0.2) is 109 Å². The molecule has 8 aromatic rings. The summed E-state index contributed by atoms with van der Waals surface area (Å²) in [5.74, 6) is 1.37. The van der Waals surface area contributed by atoms with E-state index in [0.717, 1.165) is 5.69 Å². The number of rotatable bonds is 5. The van der Waals surface area contributed by atoms with Crippen molar-refractivity contribution >= 4 is 63.8 Å². The summed E-state index contributed by atoms with van der Waals surface area (Å²) < 4.78 is 2.63. The third kappa shape index (κ3) is 4.54. The van der Waals surface area contributed by atoms with E-state index in [9.17, 15) is 0 Å². The molecule has 0 N–H and O–H groups in total. The fraction of sp³-hybridized carbons (Fsp3) is 0.205. The highest BCUT2D eigenvalue weighted by molar-refractivity contribution is 7.25. The van der Waals surface area contributed by atoms with Crippen molar-refractivity contribution in [1.29, 1.82) is 0 Å². The molecule has 2 aromatic heterocycles. The van der Waals surface area contributed by atoms with Gasteiger partial charge in [0.2, 0.25) is 0 Å². The van der Waals surface area contributed by atoms with Crippen LogP contribution in [0.3, 0.4) is 0 Å². The average molecular weight is 614 g/mol. The molecule has 0 amide bonds. The Balaban J connectivity index is 1.33. The second kappa shape index (κ2) is 11.1. The highest BCUT2D eigenvalue weighted by Gasteiger charge is 2.21. The highest BCUT2D eigenvalue weighted by Crippen LogP contribution is 2.44. The summed E-state index contributed by atoms with van der Waals surface area (Å²) in [4.78, 5) is 4.94. The van der Waals surface area contributed by atoms with Crippen LogP contribution in [0.2, 0.25) is 0 Å². The summed E-state index contributed by atoms with van der Waals surface area (Å²) in [7, 11) is 0. The Morgan fingerprint density at radius 1 is 0.478 bits per heavy atom. The molecule has 0 unspecified atom stereocenters. The van der Waals surface area contributed by atoms with Crippen molar-refractivity contribution in [2.75, 3.05) is 0 Å². The lowest BCUT2D eigenvalue weighted by atomic mass is 9.80. The van der Waals surface area contributed by atoms with Gasteiger partial charge >= 0.3 is 0 Å². The van der Waals surface area contributed by atoms with Crippen molar-refractivity contribution < 1.29 is 0 Å². The topological polar surface area (TPSA) is 12.9 Å². The van der Waals surface area contributed by atoms with Crippen LogP contribution in [-0.4, -0.2) is 4.98 Å². The molecule has 1 nitrogen and oxygen atoms in total. The molecule has 226 valence electrons. The maximum absolute atomic E-state index is 4.94. The first-order chi connectivity index (χ1) is 22.3. The first-order valence-corrected chi connectivity index (χ1v) is 17.4. The van der Waals surface area contributed by atoms with Crippen molar-refractivity contribution in [3.63, 3.8) is 0 Å². The number of nitrogens with zero attached hydrogens (tertiary/aromatic N) is 1. The van der Waals surface area contributed by atoms with Crippen LogP contribution < -0.4 is 0 Å². The number of pyridine rings is 1. The molecule has 0 saturated heterocycles. The van der Waals surface area contributed by atoms with Crippen molar-refractivity contribution in [3.05, 3.63) is 126 Å². The van der Waals surface area contributed by atoms with Crippen LogP contribution in [0.4, 0.5) is 0 Å². The van der Waals surface area contributed by atoms with Gasteiger partial charge in [0, 0.05) is 37.3 Å². The molecule has 46 heavy (non-hydrogen) atoms. The van der Waals surface area contributed by atoms with E-state index < -0.39 is 0 Å². The third-order valence-electron chi connectivity index (χ3n) is 9.85. The van der Waals surface area contributed by atoms with Gasteiger partial charge in [-0.15, -0.1) is 11.3 Å². The van der Waals surface area contributed by atoms with Gasteiger partial charge in [-0.3, -0.25) is 4.98 Å². The minimum absolute atomic E-state index is 0.434. The van der Waals surface area contributed by atoms with E-state index in [0.29, 0.717) is 17.8 Å². The Bertz CT molecular complexity index is 2430. The zero-order valence-electron chi connectivity index (χ0n) is 27.5. The fourth-order valence-corrected chi connectivity index (χ4v) is 8.57. The molecule has 2 heterocycles. The molecule has 6 aromatic carbocycles. The molecule has 8 rings (SSSR count). The van der Waals surface area contributed by atoms with Crippen LogP contribution in [0.1, 0.15) is 76.0 Å². The largest absolute Gasteiger partial charge is 0.256 e. The number of thiophene rings is 1. The van der Waals surface area contributed by atoms with E-state index in [2.05, 4.69) is 145 Å². The zero-order valence-corrected chi connectivity index (χ0v) is 28.3. The van der Waals surface area contributed by atoms with Gasteiger partial charge in [-0.1, -0.05) is 126 Å². The summed E-state index contributed by atoms with van der Waals surface area (Å²) in [5, 5.41) is 10.3. The monoisotopic (exact) mass is 613 g/mol. The Kier molecular flexibility index (Phi) is 6.96. The molecule has 0 aliphatic carbocycles. The lowest BCUT2D eigenvalue weighted by molar-refractivity contribution is 0.808. The Morgan fingerprint density at radius 3 is 1.78 bits per heavy atom. The second-order valence-corrected chi connectivity index (χ2v) is 14.8. The number of hydrogen-bond acceptors (Lipinski definition) is 2. The van der Waals surface area contributed by atoms with Crippen LogP contribution in [0.25, 0.3) is 74.9 Å². The molecule has 0 aliphatic rings. The quantitative estimate of drug-likeness (QED) is 0.176. The summed E-state index contributed by atoms with van der Waals surface area (Å²) in [6, 6.07) is 38.8. The molecule has 0 bridgehead atoms. The molecule has 0 fully saturated rings. The van der Waals surface area contributed by atoms with Gasteiger partial charge in [-0.05, 0) is 90.7 Å². The maximum Gasteiger partial charge on any atom is 0.0780 e. The van der Waals surface area contributed by atoms with E-state index >= 15 is 0 Å². The smallest absolute Gasteiger partial charge is 0.0780 e. The predicted molar refractivity (Wildman–Crippen MR) is 203 cm³/mol. The predicted octanol–water partition coefficient (Wildman–Crippen LogP) is 13.6. The Labute approximate surface area is 275 Å². The van der Waals surface area contributed by atoms with E-state index in [4.69, 9.17) is 4.98 Å². The minimum atomic E-state index is 0.434. The highest BCUT2D eigenvalue weighted by atomic mass is 32.1. The second-order valence-electron chi connectivity index (χ2n) is 13.7. The zero-order chi connectivity index (χ0) is 31.7. The Morgan fingerprint density at radius 2 is 1.07 bits per heavy atom. The van der Waals surface area contributed by atoms with E-state index in [1.807, 2.05) is 17.5 Å². The third-order valence-corrected chi connectivity index (χ3v) is 11.0. The maximum atomic E-state index is 4.94. The van der Waals surface area contributed by atoms with E-state index in [1.54, 1.807) is 0 Å². The number of hydrogen-bond donors (Lipinski definition) is 0. The van der Waals surface area contributed by atoms with Crippen LogP contribution in [0, 0.1) is 0 Å². The molecule has 0 atom stereocenters. The normalized spacial score (nSPS) is 12.3. The molecular weight excluding hydrogens is 575 g/mol. The van der Waals surface area contributed by atoms with Gasteiger partial charge in [0.05, 0.1) is 5.69 Å². The van der Waals surface area contributed by atoms with Gasteiger partial charge in [0.15, 0.2) is 0 Å². The van der Waals surface area contributed by atoms with Crippen LogP contribution >= 0.6 is 11.3 Å². The molecule has 0 aliphatic heterocycles. The van der Waals surface area contributed by atoms with E-state index in [-0.39, 0.29) is 0 Å². The molecule has 0 saturated carbocycles. The number of benzene rings is 6. The minimum Gasteiger partial charge on any atom is -0.256 e. The van der Waals surface area contributed by atoms with Crippen LogP contribution in [-0.2, 0) is 0 Å². The van der Waals surface area contributed by atoms with Gasteiger partial charge in [-0.25, -0.2) is 0 Å². The van der Waals surface area contributed by atoms with Gasteiger partial charge in [0.1, 0.15) is 0 Å². The lowest BCUT2D eigenvalue weighted by Crippen LogP contribution is -2.04. The Hall–Kier alpha value is -4.53. The van der Waals surface area contributed by atoms with Crippen molar-refractivity contribution in [2.45, 2.75) is 59.3 Å². The molecule has 0 radical (unpaired) electrons. The summed E-state index contributed by atoms with van der Waals surface area (Å²) >= 11 is 1.86. The summed E-state index contributed by atoms with van der Waals surface area (Å²) in [5.41, 5.74) is 9.31. The number of fused-ring (bicyclic) bond motifs is 8. The van der Waals surface area contributed by atoms with Crippen molar-refractivity contribution in [2.24, 2.45) is 0 Å². The van der Waals surface area contributed by atoms with Crippen molar-refractivity contribution in [1.82, 2.24) is 4.98 Å². The first kappa shape index (κ1) is 28.9. The van der Waals surface area contributed by atoms with Crippen molar-refractivity contribution in [3.8, 4) is 22.4 Å². The fourth-order valence-electron chi connectivity index (χ4n) is 7.43. The van der Waals surface area contributed by atoms with Gasteiger partial charge in [0.25, 0.3) is 0 Å². The van der Waals surface area contributed by atoms with E-state index in [1.165, 1.54) is 85.9 Å². The molecule has 0 spiro atoms. The lowest BCUT2D eigenvalue weighted by Gasteiger charge is -2.24. The SMILES string of the molecule is CC(C)c1cc(C(C)C)c(-c2cccc3c2ccc2c4ccnc(-c5ccc6c(c5)sc5ccccc56)c4ccc32)c(C(C)C)c1. The number of aromatic nitrogens is 1. The standard InChI is InChI=1S/C44H39NS/c1-25(2)29-22-39(26(3)4)43(40(23-29)27(5)6)37-12-9-11-30-31-18-19-38-34(32(31)16-17-33(30)37)20-21-45-44(38)28-14-15-36-35-10-7-8-13-41(35)46-42(36)24-28/h7-27H,1-6H3. The summed E-state index contributed by atoms with van der Waals surface area (Å²) in [6.45, 7) is 14.0. The average Bonchev–Trinajstić information content (AvgIpc) is 3.44. The van der Waals surface area contributed by atoms with Gasteiger partial charge < -0.3 is 0 Å². The first-order valence-electron chi connectivity index (χ1n) is 16.6. The van der Waals surface area contributed by atoms with Crippen LogP contribution in [0.5, 0.6) is 0 Å².